The summed E-state index contributed by atoms with van der Waals surface area (Å²) in [5, 5.41) is 0. The van der Waals surface area contributed by atoms with E-state index in [9.17, 15) is 4.39 Å². The molecule has 0 heterocycles. The average Bonchev–Trinajstić information content (AvgIpc) is 2.38. The number of aryl methyl sites for hydroxylation is 2. The second kappa shape index (κ2) is 5.82. The van der Waals surface area contributed by atoms with Gasteiger partial charge in [0.05, 0.1) is 12.3 Å². The molecule has 0 aliphatic heterocycles. The predicted molar refractivity (Wildman–Crippen MR) is 78.0 cm³/mol. The van der Waals surface area contributed by atoms with Crippen LogP contribution in [-0.2, 0) is 0 Å². The van der Waals surface area contributed by atoms with E-state index in [0.29, 0.717) is 18.1 Å². The average molecular weight is 275 g/mol. The van der Waals surface area contributed by atoms with Crippen molar-refractivity contribution >= 4 is 5.69 Å². The third-order valence-corrected chi connectivity index (χ3v) is 2.91. The molecule has 4 heteroatoms. The van der Waals surface area contributed by atoms with E-state index in [4.69, 9.17) is 15.2 Å². The first-order chi connectivity index (χ1) is 9.51. The summed E-state index contributed by atoms with van der Waals surface area (Å²) in [6, 6.07) is 8.52. The molecule has 0 saturated heterocycles. The first-order valence-corrected chi connectivity index (χ1v) is 6.48. The Balaban J connectivity index is 2.35. The first kappa shape index (κ1) is 14.2. The molecule has 0 aliphatic carbocycles. The van der Waals surface area contributed by atoms with Gasteiger partial charge in [0.1, 0.15) is 5.75 Å². The molecule has 106 valence electrons. The fourth-order valence-corrected chi connectivity index (χ4v) is 1.94. The van der Waals surface area contributed by atoms with Gasteiger partial charge in [0.15, 0.2) is 17.3 Å². The molecule has 0 fully saturated rings. The minimum Gasteiger partial charge on any atom is -0.491 e. The van der Waals surface area contributed by atoms with Gasteiger partial charge in [-0.3, -0.25) is 0 Å². The highest BCUT2D eigenvalue weighted by Crippen LogP contribution is 2.34. The van der Waals surface area contributed by atoms with Gasteiger partial charge >= 0.3 is 0 Å². The molecule has 2 N–H and O–H groups in total. The molecule has 0 aliphatic rings. The molecule has 0 amide bonds. The van der Waals surface area contributed by atoms with Crippen LogP contribution in [0.4, 0.5) is 10.1 Å². The number of anilines is 1. The fourth-order valence-electron chi connectivity index (χ4n) is 1.94. The largest absolute Gasteiger partial charge is 0.491 e. The Bertz CT molecular complexity index is 626. The van der Waals surface area contributed by atoms with Crippen LogP contribution in [0.15, 0.2) is 30.3 Å². The Labute approximate surface area is 118 Å². The van der Waals surface area contributed by atoms with Crippen molar-refractivity contribution in [1.82, 2.24) is 0 Å². The van der Waals surface area contributed by atoms with Crippen molar-refractivity contribution in [3.63, 3.8) is 0 Å². The summed E-state index contributed by atoms with van der Waals surface area (Å²) < 4.78 is 24.6. The van der Waals surface area contributed by atoms with E-state index in [-0.39, 0.29) is 11.4 Å². The number of nitrogens with two attached hydrogens (primary N) is 1. The number of hydrogen-bond donors (Lipinski definition) is 1. The predicted octanol–water partition coefficient (Wildman–Crippen LogP) is 4.22. The molecule has 0 bridgehead atoms. The maximum atomic E-state index is 13.6. The second-order valence-electron chi connectivity index (χ2n) is 4.62. The lowest BCUT2D eigenvalue weighted by atomic mass is 10.1. The lowest BCUT2D eigenvalue weighted by Crippen LogP contribution is -1.99. The Morgan fingerprint density at radius 1 is 1.05 bits per heavy atom. The topological polar surface area (TPSA) is 44.5 Å². The summed E-state index contributed by atoms with van der Waals surface area (Å²) in [5.41, 5.74) is 8.18. The third-order valence-electron chi connectivity index (χ3n) is 2.91. The van der Waals surface area contributed by atoms with Crippen LogP contribution in [0, 0.1) is 19.7 Å². The van der Waals surface area contributed by atoms with Crippen molar-refractivity contribution in [2.45, 2.75) is 20.8 Å². The van der Waals surface area contributed by atoms with E-state index in [1.165, 1.54) is 12.1 Å². The van der Waals surface area contributed by atoms with Gasteiger partial charge in [-0.15, -0.1) is 0 Å². The van der Waals surface area contributed by atoms with Crippen molar-refractivity contribution in [2.24, 2.45) is 0 Å². The van der Waals surface area contributed by atoms with Gasteiger partial charge in [0, 0.05) is 12.1 Å². The number of hydrogen-bond acceptors (Lipinski definition) is 3. The molecule has 0 unspecified atom stereocenters. The van der Waals surface area contributed by atoms with Crippen LogP contribution in [0.3, 0.4) is 0 Å². The summed E-state index contributed by atoms with van der Waals surface area (Å²) in [5.74, 6) is 0.733. The summed E-state index contributed by atoms with van der Waals surface area (Å²) in [6.07, 6.45) is 0. The SMILES string of the molecule is CCOc1cc(Oc2ccc(C)cc2C)c(N)cc1F. The van der Waals surface area contributed by atoms with Crippen molar-refractivity contribution < 1.29 is 13.9 Å². The normalized spacial score (nSPS) is 10.4. The minimum absolute atomic E-state index is 0.140. The highest BCUT2D eigenvalue weighted by molar-refractivity contribution is 5.58. The lowest BCUT2D eigenvalue weighted by molar-refractivity contribution is 0.319. The van der Waals surface area contributed by atoms with Crippen molar-refractivity contribution in [3.05, 3.63) is 47.3 Å². The smallest absolute Gasteiger partial charge is 0.167 e. The molecule has 0 radical (unpaired) electrons. The van der Waals surface area contributed by atoms with E-state index < -0.39 is 5.82 Å². The van der Waals surface area contributed by atoms with Crippen LogP contribution in [0.2, 0.25) is 0 Å². The summed E-state index contributed by atoms with van der Waals surface area (Å²) in [6.45, 7) is 6.13. The van der Waals surface area contributed by atoms with Crippen LogP contribution in [0.1, 0.15) is 18.1 Å². The molecule has 0 saturated carbocycles. The van der Waals surface area contributed by atoms with Crippen molar-refractivity contribution in [1.29, 1.82) is 0 Å². The molecule has 2 aromatic rings. The number of nitrogen functional groups attached to an aromatic ring is 1. The molecule has 0 spiro atoms. The quantitative estimate of drug-likeness (QED) is 0.850. The van der Waals surface area contributed by atoms with Gasteiger partial charge in [-0.2, -0.15) is 0 Å². The van der Waals surface area contributed by atoms with Gasteiger partial charge in [-0.25, -0.2) is 4.39 Å². The van der Waals surface area contributed by atoms with Gasteiger partial charge < -0.3 is 15.2 Å². The lowest BCUT2D eigenvalue weighted by Gasteiger charge is -2.13. The van der Waals surface area contributed by atoms with Gasteiger partial charge in [-0.05, 0) is 32.4 Å². The first-order valence-electron chi connectivity index (χ1n) is 6.48. The zero-order chi connectivity index (χ0) is 14.7. The van der Waals surface area contributed by atoms with Crippen LogP contribution in [0.5, 0.6) is 17.2 Å². The molecular weight excluding hydrogens is 257 g/mol. The molecule has 20 heavy (non-hydrogen) atoms. The number of benzene rings is 2. The van der Waals surface area contributed by atoms with Crippen molar-refractivity contribution in [2.75, 3.05) is 12.3 Å². The van der Waals surface area contributed by atoms with Crippen LogP contribution in [0.25, 0.3) is 0 Å². The Kier molecular flexibility index (Phi) is 4.13. The zero-order valence-corrected chi connectivity index (χ0v) is 11.9. The highest BCUT2D eigenvalue weighted by Gasteiger charge is 2.11. The molecule has 0 aromatic heterocycles. The monoisotopic (exact) mass is 275 g/mol. The minimum atomic E-state index is -0.489. The second-order valence-corrected chi connectivity index (χ2v) is 4.62. The standard InChI is InChI=1S/C16H18FNO2/c1-4-19-15-9-16(13(18)8-12(15)17)20-14-6-5-10(2)7-11(14)3/h5-9H,4,18H2,1-3H3. The summed E-state index contributed by atoms with van der Waals surface area (Å²) >= 11 is 0. The van der Waals surface area contributed by atoms with Gasteiger partial charge in [-0.1, -0.05) is 17.7 Å². The number of rotatable bonds is 4. The van der Waals surface area contributed by atoms with E-state index >= 15 is 0 Å². The van der Waals surface area contributed by atoms with E-state index in [1.54, 1.807) is 6.92 Å². The maximum Gasteiger partial charge on any atom is 0.167 e. The van der Waals surface area contributed by atoms with Crippen molar-refractivity contribution in [3.8, 4) is 17.2 Å². The summed E-state index contributed by atoms with van der Waals surface area (Å²) in [7, 11) is 0. The maximum absolute atomic E-state index is 13.6. The molecule has 3 nitrogen and oxygen atoms in total. The number of ether oxygens (including phenoxy) is 2. The molecule has 0 atom stereocenters. The van der Waals surface area contributed by atoms with Crippen LogP contribution >= 0.6 is 0 Å². The fraction of sp³-hybridized carbons (Fsp3) is 0.250. The molecular formula is C16H18FNO2. The van der Waals surface area contributed by atoms with Gasteiger partial charge in [0.25, 0.3) is 0 Å². The van der Waals surface area contributed by atoms with E-state index in [2.05, 4.69) is 0 Å². The third kappa shape index (κ3) is 3.02. The van der Waals surface area contributed by atoms with Crippen LogP contribution in [-0.4, -0.2) is 6.61 Å². The summed E-state index contributed by atoms with van der Waals surface area (Å²) in [4.78, 5) is 0. The van der Waals surface area contributed by atoms with E-state index in [1.807, 2.05) is 32.0 Å². The molecule has 2 aromatic carbocycles. The molecule has 2 rings (SSSR count). The van der Waals surface area contributed by atoms with Gasteiger partial charge in [0.2, 0.25) is 0 Å². The van der Waals surface area contributed by atoms with E-state index in [0.717, 1.165) is 11.1 Å². The zero-order valence-electron chi connectivity index (χ0n) is 11.9. The van der Waals surface area contributed by atoms with Crippen LogP contribution < -0.4 is 15.2 Å². The highest BCUT2D eigenvalue weighted by atomic mass is 19.1. The Morgan fingerprint density at radius 3 is 2.45 bits per heavy atom. The number of halogens is 1. The Hall–Kier alpha value is -2.23. The Morgan fingerprint density at radius 2 is 1.80 bits per heavy atom.